The zero-order valence-corrected chi connectivity index (χ0v) is 14.8. The van der Waals surface area contributed by atoms with Crippen LogP contribution in [0.15, 0.2) is 53.0 Å². The van der Waals surface area contributed by atoms with E-state index in [1.165, 1.54) is 24.9 Å². The fraction of sp³-hybridized carbons (Fsp3) is 0.316. The number of carbonyl (C=O) groups excluding carboxylic acids is 1. The molecular weight excluding hydrogens is 352 g/mol. The van der Waals surface area contributed by atoms with Crippen LogP contribution in [0.5, 0.6) is 0 Å². The summed E-state index contributed by atoms with van der Waals surface area (Å²) in [7, 11) is 0. The van der Waals surface area contributed by atoms with Crippen LogP contribution < -0.4 is 10.2 Å². The van der Waals surface area contributed by atoms with E-state index in [1.807, 2.05) is 36.4 Å². The second-order valence-corrected chi connectivity index (χ2v) is 6.87. The molecule has 0 bridgehead atoms. The number of hydrogen-bond acceptors (Lipinski definition) is 2. The third-order valence-electron chi connectivity index (χ3n) is 4.38. The van der Waals surface area contributed by atoms with E-state index in [4.69, 9.17) is 0 Å². The van der Waals surface area contributed by atoms with E-state index in [2.05, 4.69) is 45.2 Å². The van der Waals surface area contributed by atoms with Gasteiger partial charge in [-0.25, -0.2) is 0 Å². The number of anilines is 2. The molecule has 2 aromatic carbocycles. The SMILES string of the molecule is C[C@H]1CCCCN1c1ccc(NC(=O)c2ccccc2Br)cc1. The van der Waals surface area contributed by atoms with Gasteiger partial charge in [0, 0.05) is 28.4 Å². The zero-order chi connectivity index (χ0) is 16.2. The van der Waals surface area contributed by atoms with Crippen LogP contribution in [0.4, 0.5) is 11.4 Å². The molecule has 1 aliphatic rings. The third kappa shape index (κ3) is 3.75. The first-order valence-electron chi connectivity index (χ1n) is 8.08. The number of benzene rings is 2. The summed E-state index contributed by atoms with van der Waals surface area (Å²) in [5.74, 6) is -0.100. The molecule has 23 heavy (non-hydrogen) atoms. The molecule has 0 aromatic heterocycles. The quantitative estimate of drug-likeness (QED) is 0.814. The van der Waals surface area contributed by atoms with E-state index >= 15 is 0 Å². The number of halogens is 1. The Morgan fingerprint density at radius 3 is 2.57 bits per heavy atom. The second-order valence-electron chi connectivity index (χ2n) is 6.02. The maximum absolute atomic E-state index is 12.3. The number of carbonyl (C=O) groups is 1. The Morgan fingerprint density at radius 1 is 1.13 bits per heavy atom. The summed E-state index contributed by atoms with van der Waals surface area (Å²) < 4.78 is 0.802. The largest absolute Gasteiger partial charge is 0.369 e. The van der Waals surface area contributed by atoms with Crippen molar-refractivity contribution in [1.82, 2.24) is 0 Å². The van der Waals surface area contributed by atoms with E-state index in [0.29, 0.717) is 11.6 Å². The normalized spacial score (nSPS) is 17.8. The van der Waals surface area contributed by atoms with E-state index in [9.17, 15) is 4.79 Å². The van der Waals surface area contributed by atoms with Gasteiger partial charge in [0.05, 0.1) is 5.56 Å². The first-order chi connectivity index (χ1) is 11.1. The first kappa shape index (κ1) is 16.1. The van der Waals surface area contributed by atoms with Gasteiger partial charge in [-0.2, -0.15) is 0 Å². The van der Waals surface area contributed by atoms with E-state index in [1.54, 1.807) is 0 Å². The Bertz CT molecular complexity index is 684. The Morgan fingerprint density at radius 2 is 1.87 bits per heavy atom. The molecule has 3 rings (SSSR count). The Kier molecular flexibility index (Phi) is 5.01. The summed E-state index contributed by atoms with van der Waals surface area (Å²) in [5.41, 5.74) is 2.69. The molecule has 4 heteroatoms. The van der Waals surface area contributed by atoms with Gasteiger partial charge >= 0.3 is 0 Å². The highest BCUT2D eigenvalue weighted by molar-refractivity contribution is 9.10. The van der Waals surface area contributed by atoms with Gasteiger partial charge in [0.25, 0.3) is 5.91 Å². The lowest BCUT2D eigenvalue weighted by atomic mass is 10.0. The molecule has 3 nitrogen and oxygen atoms in total. The number of piperidine rings is 1. The first-order valence-corrected chi connectivity index (χ1v) is 8.87. The Balaban J connectivity index is 1.70. The average molecular weight is 373 g/mol. The fourth-order valence-electron chi connectivity index (χ4n) is 3.06. The standard InChI is InChI=1S/C19H21BrN2O/c1-14-6-4-5-13-22(14)16-11-9-15(10-12-16)21-19(23)17-7-2-3-8-18(17)20/h2-3,7-12,14H,4-6,13H2,1H3,(H,21,23)/t14-/m0/s1. The Labute approximate surface area is 145 Å². The minimum absolute atomic E-state index is 0.100. The van der Waals surface area contributed by atoms with Crippen LogP contribution in [0.2, 0.25) is 0 Å². The molecule has 1 amide bonds. The molecule has 0 aliphatic carbocycles. The van der Waals surface area contributed by atoms with Crippen molar-refractivity contribution in [3.05, 3.63) is 58.6 Å². The zero-order valence-electron chi connectivity index (χ0n) is 13.3. The van der Waals surface area contributed by atoms with Gasteiger partial charge in [0.2, 0.25) is 0 Å². The van der Waals surface area contributed by atoms with Gasteiger partial charge in [-0.3, -0.25) is 4.79 Å². The van der Waals surface area contributed by atoms with Crippen LogP contribution in [-0.2, 0) is 0 Å². The topological polar surface area (TPSA) is 32.3 Å². The second kappa shape index (κ2) is 7.18. The highest BCUT2D eigenvalue weighted by Crippen LogP contribution is 2.26. The molecule has 1 saturated heterocycles. The molecule has 0 radical (unpaired) electrons. The molecule has 0 unspecified atom stereocenters. The van der Waals surface area contributed by atoms with Crippen molar-refractivity contribution in [3.8, 4) is 0 Å². The van der Waals surface area contributed by atoms with Gasteiger partial charge in [-0.15, -0.1) is 0 Å². The maximum Gasteiger partial charge on any atom is 0.256 e. The van der Waals surface area contributed by atoms with Crippen LogP contribution in [0, 0.1) is 0 Å². The van der Waals surface area contributed by atoms with Crippen LogP contribution in [0.1, 0.15) is 36.5 Å². The fourth-order valence-corrected chi connectivity index (χ4v) is 3.53. The van der Waals surface area contributed by atoms with Crippen molar-refractivity contribution in [2.75, 3.05) is 16.8 Å². The molecule has 1 N–H and O–H groups in total. The summed E-state index contributed by atoms with van der Waals surface area (Å²) in [6.07, 6.45) is 3.82. The van der Waals surface area contributed by atoms with Crippen LogP contribution in [0.3, 0.4) is 0 Å². The summed E-state index contributed by atoms with van der Waals surface area (Å²) in [4.78, 5) is 14.8. The Hall–Kier alpha value is -1.81. The number of rotatable bonds is 3. The molecule has 1 atom stereocenters. The summed E-state index contributed by atoms with van der Waals surface area (Å²) in [5, 5.41) is 2.95. The van der Waals surface area contributed by atoms with Crippen LogP contribution >= 0.6 is 15.9 Å². The lowest BCUT2D eigenvalue weighted by Crippen LogP contribution is -2.37. The van der Waals surface area contributed by atoms with Crippen molar-refractivity contribution >= 4 is 33.2 Å². The maximum atomic E-state index is 12.3. The lowest BCUT2D eigenvalue weighted by molar-refractivity contribution is 0.102. The lowest BCUT2D eigenvalue weighted by Gasteiger charge is -2.35. The van der Waals surface area contributed by atoms with Gasteiger partial charge in [-0.1, -0.05) is 12.1 Å². The van der Waals surface area contributed by atoms with Crippen molar-refractivity contribution in [2.24, 2.45) is 0 Å². The highest BCUT2D eigenvalue weighted by atomic mass is 79.9. The molecule has 1 heterocycles. The van der Waals surface area contributed by atoms with Crippen molar-refractivity contribution in [2.45, 2.75) is 32.2 Å². The van der Waals surface area contributed by atoms with Gasteiger partial charge in [0.15, 0.2) is 0 Å². The van der Waals surface area contributed by atoms with Crippen LogP contribution in [0.25, 0.3) is 0 Å². The van der Waals surface area contributed by atoms with Crippen LogP contribution in [-0.4, -0.2) is 18.5 Å². The van der Waals surface area contributed by atoms with E-state index in [-0.39, 0.29) is 5.91 Å². The predicted molar refractivity (Wildman–Crippen MR) is 99.2 cm³/mol. The van der Waals surface area contributed by atoms with Gasteiger partial charge in [0.1, 0.15) is 0 Å². The minimum Gasteiger partial charge on any atom is -0.369 e. The van der Waals surface area contributed by atoms with E-state index < -0.39 is 0 Å². The molecule has 1 fully saturated rings. The minimum atomic E-state index is -0.100. The van der Waals surface area contributed by atoms with Crippen molar-refractivity contribution in [1.29, 1.82) is 0 Å². The monoisotopic (exact) mass is 372 g/mol. The van der Waals surface area contributed by atoms with Crippen molar-refractivity contribution in [3.63, 3.8) is 0 Å². The molecule has 1 aliphatic heterocycles. The molecular formula is C19H21BrN2O. The average Bonchev–Trinajstić information content (AvgIpc) is 2.56. The third-order valence-corrected chi connectivity index (χ3v) is 5.07. The summed E-state index contributed by atoms with van der Waals surface area (Å²) in [6, 6.07) is 16.2. The molecule has 2 aromatic rings. The smallest absolute Gasteiger partial charge is 0.256 e. The van der Waals surface area contributed by atoms with Gasteiger partial charge < -0.3 is 10.2 Å². The predicted octanol–water partition coefficient (Wildman–Crippen LogP) is 5.08. The molecule has 0 spiro atoms. The summed E-state index contributed by atoms with van der Waals surface area (Å²) in [6.45, 7) is 3.39. The number of nitrogens with one attached hydrogen (secondary N) is 1. The van der Waals surface area contributed by atoms with E-state index in [0.717, 1.165) is 16.7 Å². The highest BCUT2D eigenvalue weighted by Gasteiger charge is 2.18. The van der Waals surface area contributed by atoms with Crippen molar-refractivity contribution < 1.29 is 4.79 Å². The number of nitrogens with zero attached hydrogens (tertiary/aromatic N) is 1. The number of hydrogen-bond donors (Lipinski definition) is 1. The number of amides is 1. The molecule has 0 saturated carbocycles. The summed E-state index contributed by atoms with van der Waals surface area (Å²) >= 11 is 3.41. The molecule has 120 valence electrons. The van der Waals surface area contributed by atoms with Gasteiger partial charge in [-0.05, 0) is 78.5 Å².